The summed E-state index contributed by atoms with van der Waals surface area (Å²) in [5.41, 5.74) is 0.0262. The van der Waals surface area contributed by atoms with Crippen LogP contribution in [-0.2, 0) is 17.8 Å². The molecule has 0 spiro atoms. The van der Waals surface area contributed by atoms with E-state index in [0.717, 1.165) is 17.9 Å². The predicted octanol–water partition coefficient (Wildman–Crippen LogP) is 3.91. The zero-order valence-electron chi connectivity index (χ0n) is 18.2. The first-order valence-corrected chi connectivity index (χ1v) is 11.5. The highest BCUT2D eigenvalue weighted by molar-refractivity contribution is 6.30. The van der Waals surface area contributed by atoms with Crippen LogP contribution in [0.25, 0.3) is 0 Å². The third-order valence-electron chi connectivity index (χ3n) is 5.28. The van der Waals surface area contributed by atoms with Crippen LogP contribution in [-0.4, -0.2) is 64.9 Å². The van der Waals surface area contributed by atoms with Crippen LogP contribution in [0.2, 0.25) is 10.0 Å². The van der Waals surface area contributed by atoms with E-state index in [2.05, 4.69) is 10.00 Å². The van der Waals surface area contributed by atoms with E-state index in [9.17, 15) is 5.11 Å². The fourth-order valence-electron chi connectivity index (χ4n) is 3.63. The van der Waals surface area contributed by atoms with Crippen LogP contribution in [0, 0.1) is 0 Å². The minimum absolute atomic E-state index is 0.138. The third kappa shape index (κ3) is 7.35. The normalized spacial score (nSPS) is 19.2. The van der Waals surface area contributed by atoms with Crippen molar-refractivity contribution in [3.8, 4) is 11.5 Å². The number of halogens is 2. The molecule has 7 nitrogen and oxygen atoms in total. The van der Waals surface area contributed by atoms with Gasteiger partial charge in [-0.1, -0.05) is 35.3 Å². The molecule has 4 rings (SSSR count). The molecule has 1 N–H and O–H groups in total. The molecule has 1 aromatic heterocycles. The first kappa shape index (κ1) is 23.9. The lowest BCUT2D eigenvalue weighted by atomic mass is 10.1. The molecule has 9 heteroatoms. The number of ether oxygens (including phenoxy) is 3. The summed E-state index contributed by atoms with van der Waals surface area (Å²) in [4.78, 5) is 2.18. The largest absolute Gasteiger partial charge is 0.492 e. The second-order valence-electron chi connectivity index (χ2n) is 8.14. The molecule has 2 aromatic carbocycles. The maximum absolute atomic E-state index is 11.1. The number of nitrogens with zero attached hydrogens (tertiary/aromatic N) is 3. The smallest absolute Gasteiger partial charge is 0.134 e. The van der Waals surface area contributed by atoms with E-state index < -0.39 is 5.60 Å². The molecule has 3 aromatic rings. The number of hydrogen-bond donors (Lipinski definition) is 1. The first-order valence-electron chi connectivity index (χ1n) is 10.8. The zero-order chi connectivity index (χ0) is 23.1. The number of benzene rings is 2. The first-order chi connectivity index (χ1) is 16.0. The Morgan fingerprint density at radius 2 is 1.73 bits per heavy atom. The highest BCUT2D eigenvalue weighted by Crippen LogP contribution is 2.21. The van der Waals surface area contributed by atoms with Gasteiger partial charge >= 0.3 is 0 Å². The molecule has 0 unspecified atom stereocenters. The third-order valence-corrected chi connectivity index (χ3v) is 5.73. The topological polar surface area (TPSA) is 69.0 Å². The fraction of sp³-hybridized carbons (Fsp3) is 0.375. The van der Waals surface area contributed by atoms with Crippen molar-refractivity contribution in [1.29, 1.82) is 0 Å². The Labute approximate surface area is 203 Å². The van der Waals surface area contributed by atoms with Gasteiger partial charge in [-0.15, -0.1) is 0 Å². The Kier molecular flexibility index (Phi) is 8.11. The van der Waals surface area contributed by atoms with E-state index in [1.807, 2.05) is 24.3 Å². The van der Waals surface area contributed by atoms with Gasteiger partial charge in [-0.2, -0.15) is 5.10 Å². The van der Waals surface area contributed by atoms with E-state index in [1.54, 1.807) is 41.3 Å². The highest BCUT2D eigenvalue weighted by atomic mass is 35.5. The molecule has 1 aliphatic rings. The van der Waals surface area contributed by atoms with Gasteiger partial charge in [-0.3, -0.25) is 9.58 Å². The summed E-state index contributed by atoms with van der Waals surface area (Å²) in [6.07, 6.45) is 3.37. The van der Waals surface area contributed by atoms with E-state index in [0.29, 0.717) is 48.6 Å². The Bertz CT molecular complexity index is 1010. The van der Waals surface area contributed by atoms with Crippen molar-refractivity contribution >= 4 is 23.2 Å². The van der Waals surface area contributed by atoms with Gasteiger partial charge in [0.15, 0.2) is 0 Å². The monoisotopic (exact) mass is 491 g/mol. The fourth-order valence-corrected chi connectivity index (χ4v) is 3.92. The summed E-state index contributed by atoms with van der Waals surface area (Å²) < 4.78 is 19.0. The van der Waals surface area contributed by atoms with Crippen LogP contribution < -0.4 is 9.47 Å². The van der Waals surface area contributed by atoms with Crippen molar-refractivity contribution in [2.75, 3.05) is 39.5 Å². The zero-order valence-corrected chi connectivity index (χ0v) is 19.7. The quantitative estimate of drug-likeness (QED) is 0.489. The van der Waals surface area contributed by atoms with Crippen molar-refractivity contribution < 1.29 is 19.3 Å². The summed E-state index contributed by atoms with van der Waals surface area (Å²) in [6.45, 7) is 3.92. The lowest BCUT2D eigenvalue weighted by Gasteiger charge is -2.30. The van der Waals surface area contributed by atoms with Crippen molar-refractivity contribution in [1.82, 2.24) is 14.7 Å². The van der Waals surface area contributed by atoms with Gasteiger partial charge in [0.1, 0.15) is 30.3 Å². The molecule has 1 fully saturated rings. The summed E-state index contributed by atoms with van der Waals surface area (Å²) in [6, 6.07) is 15.1. The van der Waals surface area contributed by atoms with Crippen LogP contribution in [0.15, 0.2) is 60.9 Å². The molecular formula is C24H27Cl2N3O4. The van der Waals surface area contributed by atoms with Crippen molar-refractivity contribution in [2.24, 2.45) is 0 Å². The number of β-amino-alcohol motifs (C(OH)–C–C–N with tert-alkyl or cyclic N) is 1. The molecular weight excluding hydrogens is 465 g/mol. The van der Waals surface area contributed by atoms with Crippen molar-refractivity contribution in [3.63, 3.8) is 0 Å². The molecule has 1 saturated heterocycles. The van der Waals surface area contributed by atoms with Gasteiger partial charge in [0, 0.05) is 30.9 Å². The number of rotatable bonds is 9. The maximum atomic E-state index is 11.1. The van der Waals surface area contributed by atoms with Crippen LogP contribution in [0.5, 0.6) is 11.5 Å². The van der Waals surface area contributed by atoms with Crippen LogP contribution in [0.4, 0.5) is 0 Å². The predicted molar refractivity (Wildman–Crippen MR) is 127 cm³/mol. The van der Waals surface area contributed by atoms with E-state index in [4.69, 9.17) is 37.4 Å². The van der Waals surface area contributed by atoms with Gasteiger partial charge < -0.3 is 19.3 Å². The SMILES string of the molecule is O[C@@]1(COc2ccc(Cl)cc2)COCCN(Cc2ccc(OCCn3cc(Cl)cn3)cc2)C1. The molecule has 1 aliphatic heterocycles. The van der Waals surface area contributed by atoms with Crippen LogP contribution in [0.3, 0.4) is 0 Å². The van der Waals surface area contributed by atoms with Gasteiger partial charge in [-0.05, 0) is 42.0 Å². The molecule has 1 atom stereocenters. The van der Waals surface area contributed by atoms with E-state index in [1.165, 1.54) is 0 Å². The average Bonchev–Trinajstić information content (AvgIpc) is 3.13. The Morgan fingerprint density at radius 3 is 2.45 bits per heavy atom. The summed E-state index contributed by atoms with van der Waals surface area (Å²) in [5.74, 6) is 1.46. The summed E-state index contributed by atoms with van der Waals surface area (Å²) >= 11 is 11.8. The van der Waals surface area contributed by atoms with Crippen LogP contribution >= 0.6 is 23.2 Å². The molecule has 176 valence electrons. The molecule has 0 radical (unpaired) electrons. The average molecular weight is 492 g/mol. The molecule has 0 bridgehead atoms. The highest BCUT2D eigenvalue weighted by Gasteiger charge is 2.33. The Morgan fingerprint density at radius 1 is 1.00 bits per heavy atom. The number of aromatic nitrogens is 2. The van der Waals surface area contributed by atoms with Gasteiger partial charge in [0.2, 0.25) is 0 Å². The van der Waals surface area contributed by atoms with Gasteiger partial charge in [0.25, 0.3) is 0 Å². The van der Waals surface area contributed by atoms with Gasteiger partial charge in [-0.25, -0.2) is 0 Å². The number of aliphatic hydroxyl groups is 1. The van der Waals surface area contributed by atoms with Crippen molar-refractivity contribution in [2.45, 2.75) is 18.7 Å². The maximum Gasteiger partial charge on any atom is 0.134 e. The minimum atomic E-state index is -1.10. The molecule has 0 saturated carbocycles. The molecule has 33 heavy (non-hydrogen) atoms. The van der Waals surface area contributed by atoms with E-state index >= 15 is 0 Å². The van der Waals surface area contributed by atoms with Crippen LogP contribution in [0.1, 0.15) is 5.56 Å². The second-order valence-corrected chi connectivity index (χ2v) is 9.02. The molecule has 2 heterocycles. The van der Waals surface area contributed by atoms with E-state index in [-0.39, 0.29) is 13.2 Å². The summed E-state index contributed by atoms with van der Waals surface area (Å²) in [5, 5.41) is 16.5. The number of hydrogen-bond acceptors (Lipinski definition) is 6. The second kappa shape index (κ2) is 11.2. The Balaban J connectivity index is 1.27. The Hall–Kier alpha value is -2.29. The van der Waals surface area contributed by atoms with Gasteiger partial charge in [0.05, 0.1) is 31.0 Å². The lowest BCUT2D eigenvalue weighted by molar-refractivity contribution is -0.0646. The summed E-state index contributed by atoms with van der Waals surface area (Å²) in [7, 11) is 0. The van der Waals surface area contributed by atoms with Crippen molar-refractivity contribution in [3.05, 3.63) is 76.5 Å². The lowest BCUT2D eigenvalue weighted by Crippen LogP contribution is -2.48. The standard InChI is InChI=1S/C24H27Cl2N3O4/c25-20-3-7-23(8-4-20)33-18-24(30)16-28(9-11-31-17-24)14-19-1-5-22(6-2-19)32-12-10-29-15-21(26)13-27-29/h1-8,13,15,30H,9-12,14,16-18H2/t24-/m1/s1. The molecule has 0 amide bonds. The molecule has 0 aliphatic carbocycles. The minimum Gasteiger partial charge on any atom is -0.492 e.